The first-order chi connectivity index (χ1) is 20.2. The van der Waals surface area contributed by atoms with Gasteiger partial charge in [-0.3, -0.25) is 4.79 Å². The Morgan fingerprint density at radius 1 is 0.619 bits per heavy atom. The maximum atomic E-state index is 13.3. The number of hydrogen-bond donors (Lipinski definition) is 2. The van der Waals surface area contributed by atoms with Gasteiger partial charge in [-0.25, -0.2) is 14.4 Å². The van der Waals surface area contributed by atoms with E-state index in [2.05, 4.69) is 15.5 Å². The summed E-state index contributed by atoms with van der Waals surface area (Å²) in [5, 5.41) is 21.3. The van der Waals surface area contributed by atoms with E-state index in [0.717, 1.165) is 0 Å². The van der Waals surface area contributed by atoms with Crippen molar-refractivity contribution in [1.29, 1.82) is 0 Å². The molecule has 0 bridgehead atoms. The number of azo groups is 1. The van der Waals surface area contributed by atoms with E-state index < -0.39 is 36.0 Å². The first kappa shape index (κ1) is 29.9. The summed E-state index contributed by atoms with van der Waals surface area (Å²) in [6, 6.07) is 26.1. The van der Waals surface area contributed by atoms with Gasteiger partial charge in [-0.05, 0) is 84.9 Å². The van der Waals surface area contributed by atoms with E-state index in [1.54, 1.807) is 24.3 Å². The highest BCUT2D eigenvalue weighted by Gasteiger charge is 2.41. The zero-order valence-corrected chi connectivity index (χ0v) is 23.0. The Balaban J connectivity index is 1.56. The van der Waals surface area contributed by atoms with Crippen LogP contribution in [0.5, 0.6) is 0 Å². The summed E-state index contributed by atoms with van der Waals surface area (Å²) >= 11 is 11.7. The monoisotopic (exact) mass is 605 g/mol. The number of esters is 2. The number of hydrogen-bond acceptors (Lipinski definition) is 8. The minimum absolute atomic E-state index is 0.0153. The fourth-order valence-corrected chi connectivity index (χ4v) is 3.72. The van der Waals surface area contributed by atoms with Crippen LogP contribution in [0, 0.1) is 0 Å². The molecule has 0 unspecified atom stereocenters. The van der Waals surface area contributed by atoms with Crippen molar-refractivity contribution in [3.8, 4) is 0 Å². The standard InChI is InChI=1S/C30H21Cl2N3O7/c31-20-10-6-18(7-11-20)29(39)41-25(26(28(37)38)42-30(40)19-8-12-21(32)13-9-19)27(36)33-22-14-16-24(17-15-22)35-34-23-4-2-1-3-5-23/h1-17,25-26H,(H,33,36)(H,37,38)/t25-,26+/m0/s1. The van der Waals surface area contributed by atoms with Crippen LogP contribution >= 0.6 is 23.2 Å². The molecule has 2 N–H and O–H groups in total. The van der Waals surface area contributed by atoms with Crippen molar-refractivity contribution in [2.75, 3.05) is 5.32 Å². The molecule has 0 heterocycles. The van der Waals surface area contributed by atoms with Crippen LogP contribution in [0.1, 0.15) is 20.7 Å². The minimum atomic E-state index is -2.21. The number of aliphatic carboxylic acids is 1. The Kier molecular flexibility index (Phi) is 9.99. The first-order valence-electron chi connectivity index (χ1n) is 12.2. The summed E-state index contributed by atoms with van der Waals surface area (Å²) in [5.41, 5.74) is 1.29. The van der Waals surface area contributed by atoms with Crippen molar-refractivity contribution < 1.29 is 33.8 Å². The Bertz CT molecular complexity index is 1600. The van der Waals surface area contributed by atoms with Crippen LogP contribution in [0.25, 0.3) is 0 Å². The van der Waals surface area contributed by atoms with Crippen LogP contribution in [0.4, 0.5) is 17.1 Å². The second-order valence-corrected chi connectivity index (χ2v) is 9.45. The average Bonchev–Trinajstić information content (AvgIpc) is 2.99. The maximum absolute atomic E-state index is 13.3. The number of carboxylic acids is 1. The number of carbonyl (C=O) groups is 4. The lowest BCUT2D eigenvalue weighted by Crippen LogP contribution is -2.48. The van der Waals surface area contributed by atoms with Crippen molar-refractivity contribution in [3.63, 3.8) is 0 Å². The number of nitrogens with zero attached hydrogens (tertiary/aromatic N) is 2. The Labute approximate surface area is 249 Å². The fraction of sp³-hybridized carbons (Fsp3) is 0.0667. The molecule has 10 nitrogen and oxygen atoms in total. The number of carboxylic acid groups (broad SMARTS) is 1. The zero-order chi connectivity index (χ0) is 30.1. The number of benzene rings is 4. The third-order valence-corrected chi connectivity index (χ3v) is 6.08. The van der Waals surface area contributed by atoms with Gasteiger partial charge in [-0.15, -0.1) is 0 Å². The van der Waals surface area contributed by atoms with Gasteiger partial charge in [0.2, 0.25) is 12.2 Å². The number of carbonyl (C=O) groups excluding carboxylic acids is 3. The van der Waals surface area contributed by atoms with Gasteiger partial charge in [-0.1, -0.05) is 41.4 Å². The number of anilines is 1. The predicted molar refractivity (Wildman–Crippen MR) is 155 cm³/mol. The third kappa shape index (κ3) is 8.23. The van der Waals surface area contributed by atoms with Crippen LogP contribution < -0.4 is 5.32 Å². The van der Waals surface area contributed by atoms with Gasteiger partial charge in [0.25, 0.3) is 5.91 Å². The number of halogens is 2. The molecule has 2 atom stereocenters. The highest BCUT2D eigenvalue weighted by molar-refractivity contribution is 6.31. The maximum Gasteiger partial charge on any atom is 0.349 e. The fourth-order valence-electron chi connectivity index (χ4n) is 3.47. The lowest BCUT2D eigenvalue weighted by atomic mass is 10.1. The first-order valence-corrected chi connectivity index (χ1v) is 13.0. The Morgan fingerprint density at radius 2 is 1.07 bits per heavy atom. The second-order valence-electron chi connectivity index (χ2n) is 8.58. The van der Waals surface area contributed by atoms with Crippen molar-refractivity contribution in [2.45, 2.75) is 12.2 Å². The smallest absolute Gasteiger partial charge is 0.349 e. The summed E-state index contributed by atoms with van der Waals surface area (Å²) < 4.78 is 10.4. The molecule has 42 heavy (non-hydrogen) atoms. The minimum Gasteiger partial charge on any atom is -0.478 e. The molecule has 212 valence electrons. The normalized spacial score (nSPS) is 12.2. The molecule has 4 rings (SSSR count). The molecule has 4 aromatic rings. The molecule has 0 spiro atoms. The molecule has 0 aliphatic carbocycles. The molecular formula is C30H21Cl2N3O7. The van der Waals surface area contributed by atoms with Crippen molar-refractivity contribution >= 4 is 64.1 Å². The number of amides is 1. The molecule has 0 radical (unpaired) electrons. The largest absolute Gasteiger partial charge is 0.478 e. The van der Waals surface area contributed by atoms with Gasteiger partial charge in [0.15, 0.2) is 0 Å². The van der Waals surface area contributed by atoms with E-state index in [-0.39, 0.29) is 16.8 Å². The topological polar surface area (TPSA) is 144 Å². The van der Waals surface area contributed by atoms with E-state index >= 15 is 0 Å². The molecule has 0 saturated carbocycles. The van der Waals surface area contributed by atoms with Gasteiger partial charge in [0.1, 0.15) is 0 Å². The van der Waals surface area contributed by atoms with Crippen LogP contribution in [0.2, 0.25) is 10.0 Å². The summed E-state index contributed by atoms with van der Waals surface area (Å²) in [6.07, 6.45) is -4.29. The van der Waals surface area contributed by atoms with Crippen LogP contribution in [-0.4, -0.2) is 41.1 Å². The molecule has 0 aliphatic heterocycles. The SMILES string of the molecule is O=C(O[C@H](C(=O)Nc1ccc(N=Nc2ccccc2)cc1)[C@@H](OC(=O)c1ccc(Cl)cc1)C(=O)O)c1ccc(Cl)cc1. The highest BCUT2D eigenvalue weighted by Crippen LogP contribution is 2.22. The van der Waals surface area contributed by atoms with E-state index in [9.17, 15) is 24.3 Å². The van der Waals surface area contributed by atoms with Gasteiger partial charge >= 0.3 is 17.9 Å². The van der Waals surface area contributed by atoms with Gasteiger partial charge in [0, 0.05) is 15.7 Å². The molecule has 0 fully saturated rings. The molecule has 1 amide bonds. The third-order valence-electron chi connectivity index (χ3n) is 5.58. The van der Waals surface area contributed by atoms with Crippen LogP contribution in [-0.2, 0) is 19.1 Å². The van der Waals surface area contributed by atoms with E-state index in [0.29, 0.717) is 21.4 Å². The molecule has 0 aliphatic rings. The van der Waals surface area contributed by atoms with Crippen LogP contribution in [0.15, 0.2) is 113 Å². The lowest BCUT2D eigenvalue weighted by molar-refractivity contribution is -0.157. The Morgan fingerprint density at radius 3 is 1.55 bits per heavy atom. The van der Waals surface area contributed by atoms with Crippen LogP contribution in [0.3, 0.4) is 0 Å². The zero-order valence-electron chi connectivity index (χ0n) is 21.5. The Hall–Kier alpha value is -5.06. The summed E-state index contributed by atoms with van der Waals surface area (Å²) in [7, 11) is 0. The molecule has 4 aromatic carbocycles. The summed E-state index contributed by atoms with van der Waals surface area (Å²) in [6.45, 7) is 0. The average molecular weight is 606 g/mol. The van der Waals surface area contributed by atoms with Crippen molar-refractivity contribution in [2.24, 2.45) is 10.2 Å². The molecule has 0 aromatic heterocycles. The number of nitrogens with one attached hydrogen (secondary N) is 1. The van der Waals surface area contributed by atoms with Gasteiger partial charge < -0.3 is 19.9 Å². The second kappa shape index (κ2) is 14.0. The number of rotatable bonds is 10. The molecular weight excluding hydrogens is 585 g/mol. The van der Waals surface area contributed by atoms with Crippen molar-refractivity contribution in [1.82, 2.24) is 0 Å². The van der Waals surface area contributed by atoms with Gasteiger partial charge in [0.05, 0.1) is 22.5 Å². The summed E-state index contributed by atoms with van der Waals surface area (Å²) in [5.74, 6) is -4.91. The van der Waals surface area contributed by atoms with Crippen molar-refractivity contribution in [3.05, 3.63) is 124 Å². The quantitative estimate of drug-likeness (QED) is 0.148. The summed E-state index contributed by atoms with van der Waals surface area (Å²) in [4.78, 5) is 51.1. The predicted octanol–water partition coefficient (Wildman–Crippen LogP) is 6.88. The molecule has 0 saturated heterocycles. The highest BCUT2D eigenvalue weighted by atomic mass is 35.5. The van der Waals surface area contributed by atoms with Gasteiger partial charge in [-0.2, -0.15) is 10.2 Å². The number of ether oxygens (including phenoxy) is 2. The van der Waals surface area contributed by atoms with E-state index in [1.165, 1.54) is 60.7 Å². The molecule has 12 heteroatoms. The van der Waals surface area contributed by atoms with E-state index in [1.807, 2.05) is 18.2 Å². The lowest BCUT2D eigenvalue weighted by Gasteiger charge is -2.23. The van der Waals surface area contributed by atoms with E-state index in [4.69, 9.17) is 32.7 Å².